The standard InChI is InChI=1S/C13H23BrO/c1-11(15)12-7-3-2-4-9-13(14)10-6-5-8-12/h12-13H,2-10H2,1H3/t12?,13-/m1/s1. The second-order valence-corrected chi connectivity index (χ2v) is 6.12. The first-order chi connectivity index (χ1) is 7.20. The Bertz CT molecular complexity index is 191. The number of hydrogen-bond donors (Lipinski definition) is 0. The van der Waals surface area contributed by atoms with Crippen LogP contribution in [0, 0.1) is 5.92 Å². The van der Waals surface area contributed by atoms with Crippen molar-refractivity contribution in [2.45, 2.75) is 69.5 Å². The highest BCUT2D eigenvalue weighted by molar-refractivity contribution is 9.09. The molecule has 2 atom stereocenters. The number of rotatable bonds is 1. The Morgan fingerprint density at radius 3 is 2.00 bits per heavy atom. The number of carbonyl (C=O) groups is 1. The molecular weight excluding hydrogens is 252 g/mol. The van der Waals surface area contributed by atoms with Crippen molar-refractivity contribution in [3.63, 3.8) is 0 Å². The van der Waals surface area contributed by atoms with Crippen LogP contribution in [0.1, 0.15) is 64.7 Å². The van der Waals surface area contributed by atoms with E-state index in [0.717, 1.165) is 12.8 Å². The number of Topliss-reactive ketones (excluding diaryl/α,β-unsaturated/α-hetero) is 1. The summed E-state index contributed by atoms with van der Waals surface area (Å²) in [4.78, 5) is 12.1. The molecule has 0 aromatic rings. The normalized spacial score (nSPS) is 30.5. The van der Waals surface area contributed by atoms with Crippen molar-refractivity contribution in [1.29, 1.82) is 0 Å². The lowest BCUT2D eigenvalue weighted by Gasteiger charge is -2.12. The fraction of sp³-hybridized carbons (Fsp3) is 0.923. The largest absolute Gasteiger partial charge is 0.300 e. The molecule has 0 saturated heterocycles. The van der Waals surface area contributed by atoms with Gasteiger partial charge in [-0.1, -0.05) is 48.0 Å². The van der Waals surface area contributed by atoms with Gasteiger partial charge in [-0.2, -0.15) is 0 Å². The van der Waals surface area contributed by atoms with Gasteiger partial charge in [0.15, 0.2) is 0 Å². The highest BCUT2D eigenvalue weighted by Gasteiger charge is 2.15. The maximum Gasteiger partial charge on any atom is 0.132 e. The number of halogens is 1. The molecule has 0 radical (unpaired) electrons. The van der Waals surface area contributed by atoms with E-state index in [1.54, 1.807) is 6.92 Å². The molecule has 1 unspecified atom stereocenters. The lowest BCUT2D eigenvalue weighted by atomic mass is 9.92. The third-order valence-electron chi connectivity index (χ3n) is 3.46. The van der Waals surface area contributed by atoms with Crippen molar-refractivity contribution in [3.8, 4) is 0 Å². The SMILES string of the molecule is CC(=O)C1CCCCC[C@@H](Br)CCCC1. The highest BCUT2D eigenvalue weighted by atomic mass is 79.9. The van der Waals surface area contributed by atoms with Crippen molar-refractivity contribution in [1.82, 2.24) is 0 Å². The van der Waals surface area contributed by atoms with E-state index < -0.39 is 0 Å². The van der Waals surface area contributed by atoms with E-state index in [0.29, 0.717) is 16.5 Å². The molecule has 0 amide bonds. The molecule has 1 aliphatic carbocycles. The Balaban J connectivity index is 2.36. The van der Waals surface area contributed by atoms with Gasteiger partial charge in [0.1, 0.15) is 5.78 Å². The highest BCUT2D eigenvalue weighted by Crippen LogP contribution is 2.24. The van der Waals surface area contributed by atoms with Gasteiger partial charge in [0.2, 0.25) is 0 Å². The third-order valence-corrected chi connectivity index (χ3v) is 4.38. The molecule has 0 heterocycles. The minimum Gasteiger partial charge on any atom is -0.300 e. The van der Waals surface area contributed by atoms with Crippen LogP contribution in [0.5, 0.6) is 0 Å². The first-order valence-corrected chi connectivity index (χ1v) is 7.26. The quantitative estimate of drug-likeness (QED) is 0.645. The van der Waals surface area contributed by atoms with E-state index in [-0.39, 0.29) is 0 Å². The van der Waals surface area contributed by atoms with Crippen LogP contribution in [-0.4, -0.2) is 10.6 Å². The van der Waals surface area contributed by atoms with Crippen LogP contribution in [0.3, 0.4) is 0 Å². The van der Waals surface area contributed by atoms with E-state index in [1.807, 2.05) is 0 Å². The van der Waals surface area contributed by atoms with Crippen molar-refractivity contribution in [2.75, 3.05) is 0 Å². The van der Waals surface area contributed by atoms with Gasteiger partial charge >= 0.3 is 0 Å². The summed E-state index contributed by atoms with van der Waals surface area (Å²) < 4.78 is 0. The van der Waals surface area contributed by atoms with Gasteiger partial charge in [-0.3, -0.25) is 4.79 Å². The monoisotopic (exact) mass is 274 g/mol. The van der Waals surface area contributed by atoms with E-state index >= 15 is 0 Å². The first-order valence-electron chi connectivity index (χ1n) is 6.34. The van der Waals surface area contributed by atoms with Gasteiger partial charge in [0, 0.05) is 10.7 Å². The number of hydrogen-bond acceptors (Lipinski definition) is 1. The zero-order valence-electron chi connectivity index (χ0n) is 9.80. The van der Waals surface area contributed by atoms with Gasteiger partial charge < -0.3 is 0 Å². The summed E-state index contributed by atoms with van der Waals surface area (Å²) in [6.07, 6.45) is 11.2. The molecule has 15 heavy (non-hydrogen) atoms. The van der Waals surface area contributed by atoms with E-state index in [4.69, 9.17) is 0 Å². The molecule has 0 N–H and O–H groups in total. The maximum atomic E-state index is 11.4. The molecule has 88 valence electrons. The zero-order chi connectivity index (χ0) is 11.1. The lowest BCUT2D eigenvalue weighted by molar-refractivity contribution is -0.121. The van der Waals surface area contributed by atoms with Crippen molar-refractivity contribution in [3.05, 3.63) is 0 Å². The summed E-state index contributed by atoms with van der Waals surface area (Å²) in [7, 11) is 0. The van der Waals surface area contributed by atoms with Gasteiger partial charge in [-0.05, 0) is 32.6 Å². The molecule has 1 nitrogen and oxygen atoms in total. The molecule has 0 spiro atoms. The maximum absolute atomic E-state index is 11.4. The average Bonchev–Trinajstić information content (AvgIpc) is 2.23. The second kappa shape index (κ2) is 7.43. The fourth-order valence-corrected chi connectivity index (χ4v) is 3.03. The van der Waals surface area contributed by atoms with Crippen molar-refractivity contribution >= 4 is 21.7 Å². The number of ketones is 1. The fourth-order valence-electron chi connectivity index (χ4n) is 2.39. The minimum atomic E-state index is 0.358. The molecule has 0 aromatic carbocycles. The van der Waals surface area contributed by atoms with E-state index in [1.165, 1.54) is 44.9 Å². The molecule has 0 bridgehead atoms. The van der Waals surface area contributed by atoms with Gasteiger partial charge in [-0.25, -0.2) is 0 Å². The molecule has 1 aliphatic rings. The molecule has 0 aromatic heterocycles. The van der Waals surface area contributed by atoms with E-state index in [2.05, 4.69) is 15.9 Å². The molecular formula is C13H23BrO. The smallest absolute Gasteiger partial charge is 0.132 e. The summed E-state index contributed by atoms with van der Waals surface area (Å²) in [5.74, 6) is 0.765. The van der Waals surface area contributed by atoms with Crippen LogP contribution in [0.15, 0.2) is 0 Å². The van der Waals surface area contributed by atoms with Crippen LogP contribution < -0.4 is 0 Å². The number of alkyl halides is 1. The Labute approximate surface area is 102 Å². The van der Waals surface area contributed by atoms with Crippen molar-refractivity contribution in [2.24, 2.45) is 5.92 Å². The summed E-state index contributed by atoms with van der Waals surface area (Å²) in [6.45, 7) is 1.76. The molecule has 1 saturated carbocycles. The Kier molecular flexibility index (Phi) is 6.54. The molecule has 0 aliphatic heterocycles. The van der Waals surface area contributed by atoms with E-state index in [9.17, 15) is 4.79 Å². The summed E-state index contributed by atoms with van der Waals surface area (Å²) in [6, 6.07) is 0. The summed E-state index contributed by atoms with van der Waals surface area (Å²) in [5, 5.41) is 0. The summed E-state index contributed by atoms with van der Waals surface area (Å²) in [5.41, 5.74) is 0. The first kappa shape index (κ1) is 13.2. The van der Waals surface area contributed by atoms with Gasteiger partial charge in [-0.15, -0.1) is 0 Å². The molecule has 1 rings (SSSR count). The predicted molar refractivity (Wildman–Crippen MR) is 68.4 cm³/mol. The predicted octanol–water partition coefficient (Wildman–Crippen LogP) is 4.48. The average molecular weight is 275 g/mol. The van der Waals surface area contributed by atoms with Crippen LogP contribution in [0.25, 0.3) is 0 Å². The molecule has 1 fully saturated rings. The molecule has 2 heteroatoms. The van der Waals surface area contributed by atoms with Crippen LogP contribution >= 0.6 is 15.9 Å². The topological polar surface area (TPSA) is 17.1 Å². The lowest BCUT2D eigenvalue weighted by Crippen LogP contribution is -2.10. The zero-order valence-corrected chi connectivity index (χ0v) is 11.4. The second-order valence-electron chi connectivity index (χ2n) is 4.83. The van der Waals surface area contributed by atoms with Crippen LogP contribution in [0.2, 0.25) is 0 Å². The minimum absolute atomic E-state index is 0.358. The Hall–Kier alpha value is 0.150. The summed E-state index contributed by atoms with van der Waals surface area (Å²) >= 11 is 3.74. The number of carbonyl (C=O) groups excluding carboxylic acids is 1. The van der Waals surface area contributed by atoms with Gasteiger partial charge in [0.25, 0.3) is 0 Å². The van der Waals surface area contributed by atoms with Crippen LogP contribution in [0.4, 0.5) is 0 Å². The Morgan fingerprint density at radius 1 is 0.933 bits per heavy atom. The van der Waals surface area contributed by atoms with Gasteiger partial charge in [0.05, 0.1) is 0 Å². The Morgan fingerprint density at radius 2 is 1.40 bits per heavy atom. The van der Waals surface area contributed by atoms with Crippen LogP contribution in [-0.2, 0) is 4.79 Å². The third kappa shape index (κ3) is 5.70. The van der Waals surface area contributed by atoms with Crippen molar-refractivity contribution < 1.29 is 4.79 Å².